The first-order valence-electron chi connectivity index (χ1n) is 1.98. The quantitative estimate of drug-likeness (QED) is 0.530. The summed E-state index contributed by atoms with van der Waals surface area (Å²) in [7, 11) is 1.48. The number of hydrogen-bond acceptors (Lipinski definition) is 2. The van der Waals surface area contributed by atoms with Crippen LogP contribution in [-0.4, -0.2) is 62.5 Å². The molecule has 0 aliphatic carbocycles. The number of methoxy groups -OCH3 is 1. The standard InChI is InChI=1S/C4H8O3.Ca.2H/c1-7-3-2-4(5)6;;;/h2-3H2,1H3,(H,5,6);;;. The molecule has 0 aromatic heterocycles. The van der Waals surface area contributed by atoms with E-state index in [1.54, 1.807) is 0 Å². The molecule has 0 aromatic rings. The van der Waals surface area contributed by atoms with Crippen LogP contribution in [-0.2, 0) is 9.53 Å². The molecule has 0 amide bonds. The molecule has 1 N–H and O–H groups in total. The molecular weight excluding hydrogens is 136 g/mol. The van der Waals surface area contributed by atoms with E-state index in [4.69, 9.17) is 5.11 Å². The fourth-order valence-corrected chi connectivity index (χ4v) is 0.189. The van der Waals surface area contributed by atoms with Gasteiger partial charge in [0, 0.05) is 7.11 Å². The van der Waals surface area contributed by atoms with Crippen molar-refractivity contribution in [3.63, 3.8) is 0 Å². The minimum atomic E-state index is -0.818. The number of carboxylic acids is 1. The van der Waals surface area contributed by atoms with Gasteiger partial charge in [0.05, 0.1) is 13.0 Å². The van der Waals surface area contributed by atoms with Crippen molar-refractivity contribution in [3.05, 3.63) is 0 Å². The van der Waals surface area contributed by atoms with Crippen LogP contribution in [0.5, 0.6) is 0 Å². The van der Waals surface area contributed by atoms with Gasteiger partial charge >= 0.3 is 43.7 Å². The van der Waals surface area contributed by atoms with Crippen LogP contribution in [0.2, 0.25) is 0 Å². The Morgan fingerprint density at radius 1 is 1.75 bits per heavy atom. The summed E-state index contributed by atoms with van der Waals surface area (Å²) in [6, 6.07) is 0. The number of aliphatic carboxylic acids is 1. The molecular formula is C4H10CaO3. The first kappa shape index (κ1) is 11.5. The van der Waals surface area contributed by atoms with E-state index in [0.717, 1.165) is 0 Å². The zero-order chi connectivity index (χ0) is 5.70. The second-order valence-electron chi connectivity index (χ2n) is 1.14. The predicted octanol–water partition coefficient (Wildman–Crippen LogP) is -0.809. The third kappa shape index (κ3) is 9.85. The van der Waals surface area contributed by atoms with Gasteiger partial charge in [0.25, 0.3) is 0 Å². The van der Waals surface area contributed by atoms with Crippen molar-refractivity contribution in [3.8, 4) is 0 Å². The Morgan fingerprint density at radius 2 is 2.25 bits per heavy atom. The van der Waals surface area contributed by atoms with Crippen molar-refractivity contribution in [2.75, 3.05) is 13.7 Å². The van der Waals surface area contributed by atoms with E-state index < -0.39 is 5.97 Å². The van der Waals surface area contributed by atoms with Crippen LogP contribution in [0.3, 0.4) is 0 Å². The van der Waals surface area contributed by atoms with Gasteiger partial charge in [-0.3, -0.25) is 4.79 Å². The second-order valence-corrected chi connectivity index (χ2v) is 1.14. The van der Waals surface area contributed by atoms with Gasteiger partial charge in [-0.2, -0.15) is 0 Å². The topological polar surface area (TPSA) is 46.5 Å². The van der Waals surface area contributed by atoms with Gasteiger partial charge in [0.15, 0.2) is 0 Å². The fraction of sp³-hybridized carbons (Fsp3) is 0.750. The van der Waals surface area contributed by atoms with Crippen LogP contribution in [0, 0.1) is 0 Å². The van der Waals surface area contributed by atoms with Gasteiger partial charge in [0.1, 0.15) is 0 Å². The summed E-state index contributed by atoms with van der Waals surface area (Å²) < 4.78 is 4.47. The van der Waals surface area contributed by atoms with E-state index in [1.807, 2.05) is 0 Å². The third-order valence-electron chi connectivity index (χ3n) is 0.520. The number of carbonyl (C=O) groups is 1. The Bertz CT molecular complexity index is 64.3. The molecule has 3 nitrogen and oxygen atoms in total. The van der Waals surface area contributed by atoms with Crippen molar-refractivity contribution < 1.29 is 14.6 Å². The zero-order valence-electron chi connectivity index (χ0n) is 4.18. The average Bonchev–Trinajstić information content (AvgIpc) is 1.61. The van der Waals surface area contributed by atoms with Crippen molar-refractivity contribution in [1.29, 1.82) is 0 Å². The van der Waals surface area contributed by atoms with Gasteiger partial charge in [-0.15, -0.1) is 0 Å². The van der Waals surface area contributed by atoms with Crippen LogP contribution in [0.15, 0.2) is 0 Å². The molecule has 0 unspecified atom stereocenters. The normalized spacial score (nSPS) is 7.62. The van der Waals surface area contributed by atoms with Crippen molar-refractivity contribution >= 4 is 43.7 Å². The molecule has 0 radical (unpaired) electrons. The summed E-state index contributed by atoms with van der Waals surface area (Å²) in [6.45, 7) is 0.301. The molecule has 0 rings (SSSR count). The molecule has 0 atom stereocenters. The van der Waals surface area contributed by atoms with E-state index in [0.29, 0.717) is 6.61 Å². The molecule has 0 heterocycles. The Hall–Kier alpha value is 0.690. The van der Waals surface area contributed by atoms with Crippen LogP contribution < -0.4 is 0 Å². The van der Waals surface area contributed by atoms with Gasteiger partial charge in [-0.1, -0.05) is 0 Å². The van der Waals surface area contributed by atoms with E-state index in [9.17, 15) is 4.79 Å². The molecule has 0 saturated heterocycles. The molecule has 4 heteroatoms. The molecule has 46 valence electrons. The molecule has 8 heavy (non-hydrogen) atoms. The molecule has 0 fully saturated rings. The number of ether oxygens (including phenoxy) is 1. The van der Waals surface area contributed by atoms with Crippen LogP contribution >= 0.6 is 0 Å². The molecule has 0 spiro atoms. The van der Waals surface area contributed by atoms with E-state index in [-0.39, 0.29) is 44.2 Å². The average molecular weight is 146 g/mol. The molecule has 0 aromatic carbocycles. The number of carboxylic acid groups (broad SMARTS) is 1. The Labute approximate surface area is 78.0 Å². The second kappa shape index (κ2) is 7.69. The van der Waals surface area contributed by atoms with Crippen molar-refractivity contribution in [1.82, 2.24) is 0 Å². The first-order valence-corrected chi connectivity index (χ1v) is 1.98. The molecule has 0 bridgehead atoms. The van der Waals surface area contributed by atoms with Crippen molar-refractivity contribution in [2.24, 2.45) is 0 Å². The van der Waals surface area contributed by atoms with Gasteiger partial charge in [-0.25, -0.2) is 0 Å². The van der Waals surface area contributed by atoms with Crippen LogP contribution in [0.25, 0.3) is 0 Å². The zero-order valence-corrected chi connectivity index (χ0v) is 4.18. The third-order valence-corrected chi connectivity index (χ3v) is 0.520. The van der Waals surface area contributed by atoms with Crippen LogP contribution in [0.4, 0.5) is 0 Å². The van der Waals surface area contributed by atoms with E-state index >= 15 is 0 Å². The molecule has 0 aliphatic rings. The Morgan fingerprint density at radius 3 is 2.38 bits per heavy atom. The summed E-state index contributed by atoms with van der Waals surface area (Å²) >= 11 is 0. The predicted molar refractivity (Wildman–Crippen MR) is 32.7 cm³/mol. The maximum atomic E-state index is 9.68. The van der Waals surface area contributed by atoms with E-state index in [1.165, 1.54) is 7.11 Å². The summed E-state index contributed by atoms with van der Waals surface area (Å²) in [5, 5.41) is 7.96. The molecule has 0 aliphatic heterocycles. The monoisotopic (exact) mass is 146 g/mol. The van der Waals surface area contributed by atoms with Gasteiger partial charge in [-0.05, 0) is 0 Å². The number of rotatable bonds is 3. The summed E-state index contributed by atoms with van der Waals surface area (Å²) in [5.41, 5.74) is 0. The summed E-state index contributed by atoms with van der Waals surface area (Å²) in [6.07, 6.45) is 0.0938. The fourth-order valence-electron chi connectivity index (χ4n) is 0.189. The Kier molecular flexibility index (Phi) is 11.0. The minimum absolute atomic E-state index is 0. The maximum absolute atomic E-state index is 9.68. The SMILES string of the molecule is COCCC(=O)O.[CaH2]. The van der Waals surface area contributed by atoms with Gasteiger partial charge < -0.3 is 9.84 Å². The first-order chi connectivity index (χ1) is 3.27. The summed E-state index contributed by atoms with van der Waals surface area (Å²) in [4.78, 5) is 9.68. The number of hydrogen-bond donors (Lipinski definition) is 1. The van der Waals surface area contributed by atoms with Crippen LogP contribution in [0.1, 0.15) is 6.42 Å². The summed E-state index contributed by atoms with van der Waals surface area (Å²) in [5.74, 6) is -0.818. The van der Waals surface area contributed by atoms with Gasteiger partial charge in [0.2, 0.25) is 0 Å². The van der Waals surface area contributed by atoms with E-state index in [2.05, 4.69) is 4.74 Å². The molecule has 0 saturated carbocycles. The Balaban J connectivity index is 0. The van der Waals surface area contributed by atoms with Crippen molar-refractivity contribution in [2.45, 2.75) is 6.42 Å².